The van der Waals surface area contributed by atoms with E-state index in [0.29, 0.717) is 22.5 Å². The molecule has 0 atom stereocenters. The fraction of sp³-hybridized carbons (Fsp3) is 0.357. The Morgan fingerprint density at radius 3 is 1.32 bits per heavy atom. The minimum absolute atomic E-state index is 0.205. The minimum Gasteiger partial charge on any atom is -0.465 e. The largest absolute Gasteiger partial charge is 0.465 e. The van der Waals surface area contributed by atoms with Crippen molar-refractivity contribution in [2.45, 2.75) is 65.8 Å². The summed E-state index contributed by atoms with van der Waals surface area (Å²) < 4.78 is 25.9. The van der Waals surface area contributed by atoms with Gasteiger partial charge in [0, 0.05) is 49.7 Å². The van der Waals surface area contributed by atoms with Crippen LogP contribution in [0.15, 0.2) is 66.7 Å². The van der Waals surface area contributed by atoms with Crippen LogP contribution in [-0.2, 0) is 36.8 Å². The highest BCUT2D eigenvalue weighted by atomic mass is 16.6. The van der Waals surface area contributed by atoms with Crippen LogP contribution in [0.25, 0.3) is 0 Å². The summed E-state index contributed by atoms with van der Waals surface area (Å²) in [5, 5.41) is 5.31. The van der Waals surface area contributed by atoms with Crippen LogP contribution >= 0.6 is 0 Å². The molecular formula is C42H48N4O10. The monoisotopic (exact) mass is 768 g/mol. The van der Waals surface area contributed by atoms with Gasteiger partial charge in [-0.15, -0.1) is 0 Å². The molecule has 0 aliphatic carbocycles. The van der Waals surface area contributed by atoms with E-state index in [-0.39, 0.29) is 31.9 Å². The van der Waals surface area contributed by atoms with Gasteiger partial charge < -0.3 is 33.5 Å². The number of esters is 1. The lowest BCUT2D eigenvalue weighted by molar-refractivity contribution is 0.0596. The zero-order valence-electron chi connectivity index (χ0n) is 33.2. The maximum atomic E-state index is 12.6. The summed E-state index contributed by atoms with van der Waals surface area (Å²) in [6, 6.07) is 18.6. The van der Waals surface area contributed by atoms with Crippen molar-refractivity contribution in [1.82, 2.24) is 9.80 Å². The summed E-state index contributed by atoms with van der Waals surface area (Å²) >= 11 is 0. The minimum atomic E-state index is -0.620. The van der Waals surface area contributed by atoms with Gasteiger partial charge in [-0.1, -0.05) is 47.9 Å². The summed E-state index contributed by atoms with van der Waals surface area (Å²) in [7, 11) is 4.41. The fourth-order valence-corrected chi connectivity index (χ4v) is 4.61. The van der Waals surface area contributed by atoms with Crippen LogP contribution < -0.4 is 10.6 Å². The molecule has 0 fully saturated rings. The van der Waals surface area contributed by atoms with Gasteiger partial charge in [-0.25, -0.2) is 24.0 Å². The molecule has 0 spiro atoms. The van der Waals surface area contributed by atoms with Gasteiger partial charge in [-0.2, -0.15) is 0 Å². The standard InChI is InChI=1S/C42H48N4O10/c1-41(2,3)55-37(48)43-34-18-14-29(15-19-34)27-45(7)39(50)53-22-10-12-31-24-32(26-33(25-31)36(47)52-9)13-11-23-54-40(51)46(8)28-30-16-20-35(21-17-30)44-38(49)56-42(4,5)6/h14-21,24-26H,22-23,27-28H2,1-9H3,(H,43,48)(H,44,49). The number of nitrogens with one attached hydrogen (secondary N) is 2. The van der Waals surface area contributed by atoms with Gasteiger partial charge >= 0.3 is 30.3 Å². The van der Waals surface area contributed by atoms with Crippen molar-refractivity contribution >= 4 is 41.7 Å². The topological polar surface area (TPSA) is 162 Å². The zero-order chi connectivity index (χ0) is 41.5. The van der Waals surface area contributed by atoms with Crippen molar-refractivity contribution in [2.24, 2.45) is 0 Å². The van der Waals surface area contributed by atoms with Crippen molar-refractivity contribution in [1.29, 1.82) is 0 Å². The van der Waals surface area contributed by atoms with Crippen molar-refractivity contribution in [3.63, 3.8) is 0 Å². The quantitative estimate of drug-likeness (QED) is 0.127. The van der Waals surface area contributed by atoms with Crippen molar-refractivity contribution in [2.75, 3.05) is 45.1 Å². The summed E-state index contributed by atoms with van der Waals surface area (Å²) in [5.74, 6) is 10.7. The first-order chi connectivity index (χ1) is 26.3. The smallest absolute Gasteiger partial charge is 0.412 e. The van der Waals surface area contributed by atoms with E-state index in [9.17, 15) is 24.0 Å². The molecule has 4 amide bonds. The average molecular weight is 769 g/mol. The van der Waals surface area contributed by atoms with E-state index < -0.39 is 41.5 Å². The Hall–Kier alpha value is -6.67. The molecule has 0 saturated heterocycles. The van der Waals surface area contributed by atoms with Crippen LogP contribution in [0.5, 0.6) is 0 Å². The third-order valence-corrected chi connectivity index (χ3v) is 7.02. The summed E-state index contributed by atoms with van der Waals surface area (Å²) in [4.78, 5) is 64.2. The first kappa shape index (κ1) is 43.7. The maximum Gasteiger partial charge on any atom is 0.412 e. The van der Waals surface area contributed by atoms with Gasteiger partial charge in [0.15, 0.2) is 13.2 Å². The molecule has 0 unspecified atom stereocenters. The molecule has 296 valence electrons. The molecule has 0 aliphatic heterocycles. The molecule has 3 rings (SSSR count). The number of hydrogen-bond donors (Lipinski definition) is 2. The number of benzene rings is 3. The van der Waals surface area contributed by atoms with E-state index in [1.807, 2.05) is 0 Å². The second-order valence-corrected chi connectivity index (χ2v) is 14.4. The molecule has 0 heterocycles. The Balaban J connectivity index is 1.51. The highest BCUT2D eigenvalue weighted by molar-refractivity contribution is 5.90. The van der Waals surface area contributed by atoms with Gasteiger partial charge in [-0.05, 0) is 95.1 Å². The van der Waals surface area contributed by atoms with Crippen LogP contribution in [0.1, 0.15) is 74.2 Å². The number of anilines is 2. The fourth-order valence-electron chi connectivity index (χ4n) is 4.61. The van der Waals surface area contributed by atoms with Crippen LogP contribution in [0.3, 0.4) is 0 Å². The first-order valence-electron chi connectivity index (χ1n) is 17.4. The Morgan fingerprint density at radius 2 is 0.982 bits per heavy atom. The third-order valence-electron chi connectivity index (χ3n) is 7.02. The molecule has 0 saturated carbocycles. The number of methoxy groups -OCH3 is 1. The molecule has 0 aromatic heterocycles. The Labute approximate surface area is 327 Å². The van der Waals surface area contributed by atoms with Gasteiger partial charge in [0.25, 0.3) is 0 Å². The molecule has 3 aromatic carbocycles. The van der Waals surface area contributed by atoms with Crippen molar-refractivity contribution < 1.29 is 47.7 Å². The Morgan fingerprint density at radius 1 is 0.607 bits per heavy atom. The summed E-state index contributed by atoms with van der Waals surface area (Å²) in [6.45, 7) is 10.7. The molecule has 0 bridgehead atoms. The second kappa shape index (κ2) is 20.1. The van der Waals surface area contributed by atoms with Gasteiger partial charge in [0.1, 0.15) is 11.2 Å². The number of carbonyl (C=O) groups is 5. The number of hydrogen-bond acceptors (Lipinski definition) is 10. The summed E-state index contributed by atoms with van der Waals surface area (Å²) in [5.41, 5.74) is 2.52. The van der Waals surface area contributed by atoms with Gasteiger partial charge in [0.2, 0.25) is 0 Å². The van der Waals surface area contributed by atoms with Crippen LogP contribution in [-0.4, -0.2) is 85.8 Å². The predicted octanol–water partition coefficient (Wildman–Crippen LogP) is 7.41. The number of nitrogens with zero attached hydrogens (tertiary/aromatic N) is 2. The second-order valence-electron chi connectivity index (χ2n) is 14.4. The number of carbonyl (C=O) groups excluding carboxylic acids is 5. The highest BCUT2D eigenvalue weighted by Gasteiger charge is 2.18. The SMILES string of the molecule is COC(=O)c1cc(C#CCOC(=O)N(C)Cc2ccc(NC(=O)OC(C)(C)C)cc2)cc(C#CCOC(=O)N(C)Cc2ccc(NC(=O)OC(C)(C)C)cc2)c1. The molecule has 0 radical (unpaired) electrons. The molecule has 56 heavy (non-hydrogen) atoms. The summed E-state index contributed by atoms with van der Waals surface area (Å²) in [6.07, 6.45) is -2.33. The van der Waals surface area contributed by atoms with Crippen LogP contribution in [0.2, 0.25) is 0 Å². The van der Waals surface area contributed by atoms with Crippen molar-refractivity contribution in [3.05, 3.63) is 94.5 Å². The number of rotatable bonds is 9. The van der Waals surface area contributed by atoms with E-state index in [1.54, 1.807) is 110 Å². The van der Waals surface area contributed by atoms with Crippen LogP contribution in [0.4, 0.5) is 30.6 Å². The average Bonchev–Trinajstić information content (AvgIpc) is 3.11. The van der Waals surface area contributed by atoms with Gasteiger partial charge in [-0.3, -0.25) is 10.6 Å². The molecule has 14 nitrogen and oxygen atoms in total. The molecule has 0 aliphatic rings. The lowest BCUT2D eigenvalue weighted by atomic mass is 10.1. The van der Waals surface area contributed by atoms with E-state index in [1.165, 1.54) is 29.0 Å². The number of amides is 4. The Kier molecular flexibility index (Phi) is 15.7. The zero-order valence-corrected chi connectivity index (χ0v) is 33.2. The van der Waals surface area contributed by atoms with E-state index in [2.05, 4.69) is 34.3 Å². The van der Waals surface area contributed by atoms with Crippen molar-refractivity contribution in [3.8, 4) is 23.7 Å². The molecule has 3 aromatic rings. The third kappa shape index (κ3) is 16.1. The highest BCUT2D eigenvalue weighted by Crippen LogP contribution is 2.16. The predicted molar refractivity (Wildman–Crippen MR) is 210 cm³/mol. The van der Waals surface area contributed by atoms with E-state index in [4.69, 9.17) is 23.7 Å². The lowest BCUT2D eigenvalue weighted by Gasteiger charge is -2.20. The first-order valence-corrected chi connectivity index (χ1v) is 17.4. The molecule has 14 heteroatoms. The normalized spacial score (nSPS) is 10.6. The van der Waals surface area contributed by atoms with E-state index in [0.717, 1.165) is 11.1 Å². The Bertz CT molecular complexity index is 1860. The van der Waals surface area contributed by atoms with E-state index >= 15 is 0 Å². The van der Waals surface area contributed by atoms with Gasteiger partial charge in [0.05, 0.1) is 12.7 Å². The maximum absolute atomic E-state index is 12.6. The lowest BCUT2D eigenvalue weighted by Crippen LogP contribution is -2.27. The molecule has 2 N–H and O–H groups in total. The number of ether oxygens (including phenoxy) is 5. The van der Waals surface area contributed by atoms with Crippen LogP contribution in [0, 0.1) is 23.7 Å². The molecular weight excluding hydrogens is 720 g/mol.